The molecule has 28 heavy (non-hydrogen) atoms. The van der Waals surface area contributed by atoms with Gasteiger partial charge in [0.25, 0.3) is 0 Å². The Morgan fingerprint density at radius 2 is 1.82 bits per heavy atom. The lowest BCUT2D eigenvalue weighted by Gasteiger charge is -2.23. The summed E-state index contributed by atoms with van der Waals surface area (Å²) in [5.74, 6) is 0.343. The Balaban J connectivity index is 2.00. The molecule has 152 valence electrons. The third kappa shape index (κ3) is 7.19. The van der Waals surface area contributed by atoms with Crippen LogP contribution in [0.1, 0.15) is 30.6 Å². The van der Waals surface area contributed by atoms with Gasteiger partial charge in [0, 0.05) is 0 Å². The van der Waals surface area contributed by atoms with Crippen LogP contribution in [0.25, 0.3) is 0 Å². The lowest BCUT2D eigenvalue weighted by molar-refractivity contribution is -0.150. The molecule has 2 rings (SSSR count). The van der Waals surface area contributed by atoms with Gasteiger partial charge in [-0.1, -0.05) is 55.8 Å². The van der Waals surface area contributed by atoms with Gasteiger partial charge in [-0.25, -0.2) is 4.79 Å². The summed E-state index contributed by atoms with van der Waals surface area (Å²) in [6, 6.07) is 17.4. The summed E-state index contributed by atoms with van der Waals surface area (Å²) in [6.07, 6.45) is 0.993. The minimum Gasteiger partial charge on any atom is -0.496 e. The molecule has 6 heteroatoms. The molecule has 0 aromatic heterocycles. The number of esters is 1. The summed E-state index contributed by atoms with van der Waals surface area (Å²) >= 11 is 1.51. The second-order valence-corrected chi connectivity index (χ2v) is 7.44. The lowest BCUT2D eigenvalue weighted by atomic mass is 10.1. The summed E-state index contributed by atoms with van der Waals surface area (Å²) in [5.41, 5.74) is 0.972. The Morgan fingerprint density at radius 3 is 2.54 bits per heavy atom. The molecule has 0 spiro atoms. The van der Waals surface area contributed by atoms with Gasteiger partial charge in [0.05, 0.1) is 36.6 Å². The van der Waals surface area contributed by atoms with Gasteiger partial charge in [0.15, 0.2) is 0 Å². The summed E-state index contributed by atoms with van der Waals surface area (Å²) in [5, 5.41) is 10.5. The van der Waals surface area contributed by atoms with Gasteiger partial charge in [-0.15, -0.1) is 11.8 Å². The maximum absolute atomic E-state index is 11.7. The molecule has 0 saturated heterocycles. The number of hydrogen-bond donors (Lipinski definition) is 1. The number of benzene rings is 2. The van der Waals surface area contributed by atoms with E-state index in [1.54, 1.807) is 7.11 Å². The molecular weight excluding hydrogens is 376 g/mol. The first-order chi connectivity index (χ1) is 13.7. The van der Waals surface area contributed by atoms with Crippen LogP contribution in [-0.4, -0.2) is 44.1 Å². The fourth-order valence-electron chi connectivity index (χ4n) is 2.59. The molecule has 0 fully saturated rings. The quantitative estimate of drug-likeness (QED) is 0.324. The number of aliphatic hydroxyl groups excluding tert-OH is 1. The Labute approximate surface area is 171 Å². The largest absolute Gasteiger partial charge is 0.496 e. The predicted octanol–water partition coefficient (Wildman–Crippen LogP) is 4.25. The molecule has 0 aliphatic heterocycles. The van der Waals surface area contributed by atoms with Crippen molar-refractivity contribution in [1.29, 1.82) is 0 Å². The second-order valence-electron chi connectivity index (χ2n) is 6.26. The first-order valence-corrected chi connectivity index (χ1v) is 10.3. The van der Waals surface area contributed by atoms with Crippen LogP contribution in [0.5, 0.6) is 5.75 Å². The average Bonchev–Trinajstić information content (AvgIpc) is 2.73. The molecule has 0 bridgehead atoms. The van der Waals surface area contributed by atoms with Crippen LogP contribution in [0.4, 0.5) is 0 Å². The third-order valence-corrected chi connectivity index (χ3v) is 5.50. The molecule has 0 aliphatic carbocycles. The number of methoxy groups -OCH3 is 1. The monoisotopic (exact) mass is 404 g/mol. The van der Waals surface area contributed by atoms with E-state index in [0.29, 0.717) is 6.61 Å². The molecular formula is C22H28O5S. The van der Waals surface area contributed by atoms with Crippen molar-refractivity contribution in [3.63, 3.8) is 0 Å². The standard InChI is InChI=1S/C22H28O5S/c1-3-4-14-27-21(24)16-26-15-18(23)22(17-10-6-5-7-11-17)28-20-13-9-8-12-19(20)25-2/h5-13,18,22-23H,3-4,14-16H2,1-2H3. The maximum atomic E-state index is 11.7. The van der Waals surface area contributed by atoms with E-state index in [-0.39, 0.29) is 18.5 Å². The van der Waals surface area contributed by atoms with Crippen molar-refractivity contribution < 1.29 is 24.1 Å². The van der Waals surface area contributed by atoms with E-state index in [1.165, 1.54) is 11.8 Å². The fourth-order valence-corrected chi connectivity index (χ4v) is 3.81. The predicted molar refractivity (Wildman–Crippen MR) is 111 cm³/mol. The molecule has 0 heterocycles. The number of para-hydroxylation sites is 1. The normalized spacial score (nSPS) is 13.0. The van der Waals surface area contributed by atoms with Crippen molar-refractivity contribution in [2.45, 2.75) is 36.0 Å². The van der Waals surface area contributed by atoms with Crippen LogP contribution in [0.3, 0.4) is 0 Å². The van der Waals surface area contributed by atoms with Gasteiger partial charge in [-0.3, -0.25) is 0 Å². The molecule has 2 aromatic carbocycles. The highest BCUT2D eigenvalue weighted by molar-refractivity contribution is 7.99. The number of aliphatic hydroxyl groups is 1. The number of ether oxygens (including phenoxy) is 3. The number of carbonyl (C=O) groups excluding carboxylic acids is 1. The van der Waals surface area contributed by atoms with Crippen LogP contribution in [0.15, 0.2) is 59.5 Å². The van der Waals surface area contributed by atoms with E-state index in [4.69, 9.17) is 14.2 Å². The molecule has 2 unspecified atom stereocenters. The van der Waals surface area contributed by atoms with E-state index in [2.05, 4.69) is 0 Å². The zero-order chi connectivity index (χ0) is 20.2. The highest BCUT2D eigenvalue weighted by Crippen LogP contribution is 2.41. The van der Waals surface area contributed by atoms with Crippen molar-refractivity contribution >= 4 is 17.7 Å². The van der Waals surface area contributed by atoms with Crippen LogP contribution in [-0.2, 0) is 14.3 Å². The van der Waals surface area contributed by atoms with Crippen molar-refractivity contribution in [3.8, 4) is 5.75 Å². The van der Waals surface area contributed by atoms with Crippen LogP contribution in [0.2, 0.25) is 0 Å². The van der Waals surface area contributed by atoms with E-state index in [1.807, 2.05) is 61.5 Å². The van der Waals surface area contributed by atoms with E-state index in [9.17, 15) is 9.90 Å². The van der Waals surface area contributed by atoms with Gasteiger partial charge in [0.1, 0.15) is 12.4 Å². The Kier molecular flexibility index (Phi) is 9.90. The SMILES string of the molecule is CCCCOC(=O)COCC(O)C(Sc1ccccc1OC)c1ccccc1. The maximum Gasteiger partial charge on any atom is 0.332 e. The van der Waals surface area contributed by atoms with E-state index < -0.39 is 12.1 Å². The van der Waals surface area contributed by atoms with Crippen LogP contribution >= 0.6 is 11.8 Å². The number of carbonyl (C=O) groups is 1. The van der Waals surface area contributed by atoms with Crippen molar-refractivity contribution in [2.75, 3.05) is 26.9 Å². The lowest BCUT2D eigenvalue weighted by Crippen LogP contribution is -2.25. The van der Waals surface area contributed by atoms with Crippen LogP contribution in [0, 0.1) is 0 Å². The highest BCUT2D eigenvalue weighted by Gasteiger charge is 2.24. The first-order valence-electron chi connectivity index (χ1n) is 9.41. The van der Waals surface area contributed by atoms with Gasteiger partial charge in [0.2, 0.25) is 0 Å². The molecule has 2 aromatic rings. The zero-order valence-electron chi connectivity index (χ0n) is 16.4. The Morgan fingerprint density at radius 1 is 1.11 bits per heavy atom. The highest BCUT2D eigenvalue weighted by atomic mass is 32.2. The van der Waals surface area contributed by atoms with Crippen molar-refractivity contribution in [3.05, 3.63) is 60.2 Å². The third-order valence-electron chi connectivity index (χ3n) is 4.07. The summed E-state index contributed by atoms with van der Waals surface area (Å²) in [6.45, 7) is 2.30. The summed E-state index contributed by atoms with van der Waals surface area (Å²) in [7, 11) is 1.63. The topological polar surface area (TPSA) is 65.0 Å². The number of rotatable bonds is 12. The molecule has 0 amide bonds. The van der Waals surface area contributed by atoms with Crippen molar-refractivity contribution in [2.24, 2.45) is 0 Å². The number of thioether (sulfide) groups is 1. The van der Waals surface area contributed by atoms with Gasteiger partial charge in [-0.2, -0.15) is 0 Å². The molecule has 0 radical (unpaired) electrons. The number of unbranched alkanes of at least 4 members (excludes halogenated alkanes) is 1. The molecule has 2 atom stereocenters. The Hall–Kier alpha value is -2.02. The van der Waals surface area contributed by atoms with Crippen LogP contribution < -0.4 is 4.74 Å². The molecule has 0 saturated carbocycles. The fraction of sp³-hybridized carbons (Fsp3) is 0.409. The minimum atomic E-state index is -0.805. The molecule has 0 aliphatic rings. The second kappa shape index (κ2) is 12.4. The number of hydrogen-bond acceptors (Lipinski definition) is 6. The summed E-state index contributed by atoms with van der Waals surface area (Å²) in [4.78, 5) is 12.6. The Bertz CT molecular complexity index is 707. The minimum absolute atomic E-state index is 0.0323. The van der Waals surface area contributed by atoms with Gasteiger partial charge >= 0.3 is 5.97 Å². The van der Waals surface area contributed by atoms with E-state index >= 15 is 0 Å². The van der Waals surface area contributed by atoms with Crippen molar-refractivity contribution in [1.82, 2.24) is 0 Å². The molecule has 5 nitrogen and oxygen atoms in total. The summed E-state index contributed by atoms with van der Waals surface area (Å²) < 4.78 is 15.9. The van der Waals surface area contributed by atoms with Gasteiger partial charge in [-0.05, 0) is 24.1 Å². The van der Waals surface area contributed by atoms with E-state index in [0.717, 1.165) is 29.1 Å². The van der Waals surface area contributed by atoms with Gasteiger partial charge < -0.3 is 19.3 Å². The average molecular weight is 405 g/mol. The smallest absolute Gasteiger partial charge is 0.332 e. The first kappa shape index (κ1) is 22.3. The zero-order valence-corrected chi connectivity index (χ0v) is 17.2. The molecule has 1 N–H and O–H groups in total.